The van der Waals surface area contributed by atoms with Crippen molar-refractivity contribution in [2.45, 2.75) is 33.4 Å². The molecule has 0 aliphatic rings. The fourth-order valence-electron chi connectivity index (χ4n) is 1.31. The molecule has 0 N–H and O–H groups in total. The lowest BCUT2D eigenvalue weighted by molar-refractivity contribution is 1.23. The smallest absolute Gasteiger partial charge is 0.0122 e. The van der Waals surface area contributed by atoms with Crippen molar-refractivity contribution in [1.82, 2.24) is 0 Å². The third-order valence-corrected chi connectivity index (χ3v) is 2.67. The van der Waals surface area contributed by atoms with Crippen LogP contribution in [0.25, 0.3) is 5.57 Å². The van der Waals surface area contributed by atoms with Crippen molar-refractivity contribution in [3.05, 3.63) is 54.1 Å². The normalized spacial score (nSPS) is 9.00. The Labute approximate surface area is 103 Å². The average Bonchev–Trinajstić information content (AvgIpc) is 2.28. The summed E-state index contributed by atoms with van der Waals surface area (Å²) in [5, 5.41) is 0. The first kappa shape index (κ1) is 15.1. The summed E-state index contributed by atoms with van der Waals surface area (Å²) in [5.74, 6) is 0. The highest BCUT2D eigenvalue weighted by Gasteiger charge is 2.00. The molecule has 88 valence electrons. The molecular weight excluding hydrogens is 211 g/mol. The van der Waals surface area contributed by atoms with Gasteiger partial charge in [0.1, 0.15) is 0 Å². The molecule has 0 heterocycles. The van der Waals surface area contributed by atoms with Gasteiger partial charge in [-0.05, 0) is 37.6 Å². The Bertz CT molecular complexity index is 350. The number of rotatable bonds is 3. The molecule has 0 fully saturated rings. The SMILES string of the molecule is C=C(C)c1ccc(C)cc1CP.C=CCC. The number of hydrogen-bond acceptors (Lipinski definition) is 0. The van der Waals surface area contributed by atoms with E-state index in [2.05, 4.69) is 61.4 Å². The second-order valence-electron chi connectivity index (χ2n) is 3.84. The molecule has 0 aliphatic carbocycles. The van der Waals surface area contributed by atoms with Crippen molar-refractivity contribution < 1.29 is 0 Å². The van der Waals surface area contributed by atoms with Gasteiger partial charge in [-0.15, -0.1) is 15.8 Å². The molecule has 1 aromatic rings. The zero-order valence-corrected chi connectivity index (χ0v) is 11.9. The molecule has 0 nitrogen and oxygen atoms in total. The van der Waals surface area contributed by atoms with Gasteiger partial charge in [-0.1, -0.05) is 48.9 Å². The fraction of sp³-hybridized carbons (Fsp3) is 0.333. The van der Waals surface area contributed by atoms with Crippen molar-refractivity contribution in [3.8, 4) is 0 Å². The van der Waals surface area contributed by atoms with E-state index < -0.39 is 0 Å². The number of allylic oxidation sites excluding steroid dienone is 2. The quantitative estimate of drug-likeness (QED) is 0.511. The van der Waals surface area contributed by atoms with Crippen LogP contribution in [0.3, 0.4) is 0 Å². The fourth-order valence-corrected chi connectivity index (χ4v) is 1.65. The second kappa shape index (κ2) is 8.30. The summed E-state index contributed by atoms with van der Waals surface area (Å²) in [4.78, 5) is 0. The molecule has 0 bridgehead atoms. The summed E-state index contributed by atoms with van der Waals surface area (Å²) in [6.45, 7) is 13.7. The van der Waals surface area contributed by atoms with E-state index in [1.807, 2.05) is 6.08 Å². The molecule has 0 radical (unpaired) electrons. The number of aryl methyl sites for hydroxylation is 1. The van der Waals surface area contributed by atoms with Gasteiger partial charge in [0.25, 0.3) is 0 Å². The molecular formula is C15H23P. The minimum atomic E-state index is 1.00. The highest BCUT2D eigenvalue weighted by Crippen LogP contribution is 2.20. The third kappa shape index (κ3) is 5.28. The van der Waals surface area contributed by atoms with Crippen molar-refractivity contribution in [2.75, 3.05) is 0 Å². The minimum absolute atomic E-state index is 1.00. The molecule has 0 aromatic heterocycles. The Morgan fingerprint density at radius 2 is 2.00 bits per heavy atom. The summed E-state index contributed by atoms with van der Waals surface area (Å²) in [7, 11) is 2.75. The zero-order chi connectivity index (χ0) is 12.6. The lowest BCUT2D eigenvalue weighted by Gasteiger charge is -2.07. The average molecular weight is 234 g/mol. The first-order valence-electron chi connectivity index (χ1n) is 5.63. The third-order valence-electron chi connectivity index (χ3n) is 2.23. The van der Waals surface area contributed by atoms with Crippen LogP contribution >= 0.6 is 9.24 Å². The van der Waals surface area contributed by atoms with Gasteiger partial charge in [0.15, 0.2) is 0 Å². The van der Waals surface area contributed by atoms with Crippen molar-refractivity contribution >= 4 is 14.8 Å². The molecule has 1 atom stereocenters. The predicted molar refractivity (Wildman–Crippen MR) is 79.8 cm³/mol. The zero-order valence-electron chi connectivity index (χ0n) is 10.7. The van der Waals surface area contributed by atoms with Crippen molar-refractivity contribution in [1.29, 1.82) is 0 Å². The van der Waals surface area contributed by atoms with Gasteiger partial charge >= 0.3 is 0 Å². The number of hydrogen-bond donors (Lipinski definition) is 0. The molecule has 0 spiro atoms. The van der Waals surface area contributed by atoms with E-state index in [4.69, 9.17) is 0 Å². The maximum Gasteiger partial charge on any atom is -0.0122 e. The van der Waals surface area contributed by atoms with Gasteiger partial charge in [0, 0.05) is 0 Å². The van der Waals surface area contributed by atoms with E-state index in [-0.39, 0.29) is 0 Å². The summed E-state index contributed by atoms with van der Waals surface area (Å²) in [5.41, 5.74) is 5.12. The lowest BCUT2D eigenvalue weighted by atomic mass is 10.0. The van der Waals surface area contributed by atoms with Crippen LogP contribution in [0.2, 0.25) is 0 Å². The maximum atomic E-state index is 3.95. The topological polar surface area (TPSA) is 0 Å². The number of benzene rings is 1. The Kier molecular flexibility index (Phi) is 7.85. The second-order valence-corrected chi connectivity index (χ2v) is 4.25. The minimum Gasteiger partial charge on any atom is -0.133 e. The largest absolute Gasteiger partial charge is 0.133 e. The molecule has 0 amide bonds. The molecule has 16 heavy (non-hydrogen) atoms. The van der Waals surface area contributed by atoms with Crippen LogP contribution in [-0.2, 0) is 6.16 Å². The van der Waals surface area contributed by atoms with E-state index in [0.29, 0.717) is 0 Å². The van der Waals surface area contributed by atoms with Crippen LogP contribution in [0.15, 0.2) is 37.4 Å². The highest BCUT2D eigenvalue weighted by atomic mass is 31.0. The summed E-state index contributed by atoms with van der Waals surface area (Å²) in [6, 6.07) is 6.50. The van der Waals surface area contributed by atoms with Crippen LogP contribution in [-0.4, -0.2) is 0 Å². The van der Waals surface area contributed by atoms with Gasteiger partial charge < -0.3 is 0 Å². The Morgan fingerprint density at radius 3 is 2.38 bits per heavy atom. The molecule has 1 aromatic carbocycles. The Hall–Kier alpha value is -0.870. The van der Waals surface area contributed by atoms with Crippen LogP contribution in [0.5, 0.6) is 0 Å². The molecule has 0 saturated carbocycles. The molecule has 0 saturated heterocycles. The molecule has 1 heteroatoms. The van der Waals surface area contributed by atoms with Gasteiger partial charge in [0.05, 0.1) is 0 Å². The summed E-state index contributed by atoms with van der Waals surface area (Å²) < 4.78 is 0. The molecule has 1 unspecified atom stereocenters. The van der Waals surface area contributed by atoms with E-state index in [1.54, 1.807) is 0 Å². The van der Waals surface area contributed by atoms with Crippen LogP contribution in [0.1, 0.15) is 37.0 Å². The van der Waals surface area contributed by atoms with Crippen LogP contribution < -0.4 is 0 Å². The van der Waals surface area contributed by atoms with E-state index >= 15 is 0 Å². The molecule has 1 rings (SSSR count). The van der Waals surface area contributed by atoms with Gasteiger partial charge in [-0.25, -0.2) is 0 Å². The maximum absolute atomic E-state index is 3.95. The van der Waals surface area contributed by atoms with E-state index in [1.165, 1.54) is 16.7 Å². The summed E-state index contributed by atoms with van der Waals surface area (Å²) >= 11 is 0. The molecule has 0 aliphatic heterocycles. The highest BCUT2D eigenvalue weighted by molar-refractivity contribution is 7.15. The van der Waals surface area contributed by atoms with Crippen molar-refractivity contribution in [2.24, 2.45) is 0 Å². The van der Waals surface area contributed by atoms with E-state index in [0.717, 1.165) is 18.2 Å². The van der Waals surface area contributed by atoms with Gasteiger partial charge in [0.2, 0.25) is 0 Å². The Balaban J connectivity index is 0.000000487. The summed E-state index contributed by atoms with van der Waals surface area (Å²) in [6.07, 6.45) is 3.96. The van der Waals surface area contributed by atoms with Crippen molar-refractivity contribution in [3.63, 3.8) is 0 Å². The standard InChI is InChI=1S/C11H15P.C4H8/c1-8(2)11-5-4-9(3)6-10(11)7-12;1-3-4-2/h4-6H,1,7,12H2,2-3H3;3H,1,4H2,2H3. The monoisotopic (exact) mass is 234 g/mol. The first-order chi connectivity index (χ1) is 7.56. The Morgan fingerprint density at radius 1 is 1.44 bits per heavy atom. The van der Waals surface area contributed by atoms with Gasteiger partial charge in [-0.3, -0.25) is 0 Å². The lowest BCUT2D eigenvalue weighted by Crippen LogP contribution is -1.88. The van der Waals surface area contributed by atoms with Gasteiger partial charge in [-0.2, -0.15) is 0 Å². The van der Waals surface area contributed by atoms with Crippen LogP contribution in [0.4, 0.5) is 0 Å². The predicted octanol–water partition coefficient (Wildman–Crippen LogP) is 4.99. The van der Waals surface area contributed by atoms with Crippen LogP contribution in [0, 0.1) is 6.92 Å². The first-order valence-corrected chi connectivity index (χ1v) is 6.44. The van der Waals surface area contributed by atoms with E-state index in [9.17, 15) is 0 Å².